The Kier molecular flexibility index (Phi) is 5.13. The standard InChI is InChI=1S/C17H26N4O2/c1-13-9-15(5-6-18-13)19-17(22)21(10-14-3-4-14)12-16-11-20(2)7-8-23-16/h5-6,9,14,16H,3-4,7-8,10-12H2,1-2H3,(H,18,19,22). The zero-order valence-electron chi connectivity index (χ0n) is 14.0. The number of nitrogens with one attached hydrogen (secondary N) is 1. The molecule has 1 unspecified atom stereocenters. The number of morpholine rings is 1. The van der Waals surface area contributed by atoms with E-state index >= 15 is 0 Å². The van der Waals surface area contributed by atoms with Crippen molar-refractivity contribution in [3.05, 3.63) is 24.0 Å². The van der Waals surface area contributed by atoms with Gasteiger partial charge in [-0.25, -0.2) is 4.79 Å². The van der Waals surface area contributed by atoms with E-state index in [0.29, 0.717) is 12.5 Å². The lowest BCUT2D eigenvalue weighted by molar-refractivity contribution is -0.0302. The quantitative estimate of drug-likeness (QED) is 0.902. The van der Waals surface area contributed by atoms with Crippen LogP contribution in [0.25, 0.3) is 0 Å². The fourth-order valence-corrected chi connectivity index (χ4v) is 2.90. The number of ether oxygens (including phenoxy) is 1. The van der Waals surface area contributed by atoms with Gasteiger partial charge in [0.25, 0.3) is 0 Å². The van der Waals surface area contributed by atoms with E-state index in [-0.39, 0.29) is 12.1 Å². The van der Waals surface area contributed by atoms with Crippen molar-refractivity contribution in [2.45, 2.75) is 25.9 Å². The molecule has 0 radical (unpaired) electrons. The molecule has 2 heterocycles. The second-order valence-corrected chi connectivity index (χ2v) is 6.72. The number of carbonyl (C=O) groups is 1. The number of hydrogen-bond acceptors (Lipinski definition) is 4. The lowest BCUT2D eigenvalue weighted by Crippen LogP contribution is -2.49. The van der Waals surface area contributed by atoms with Crippen LogP contribution in [0.2, 0.25) is 0 Å². The highest BCUT2D eigenvalue weighted by Gasteiger charge is 2.29. The van der Waals surface area contributed by atoms with Crippen LogP contribution in [0.1, 0.15) is 18.5 Å². The van der Waals surface area contributed by atoms with Gasteiger partial charge in [-0.2, -0.15) is 0 Å². The first-order valence-electron chi connectivity index (χ1n) is 8.39. The summed E-state index contributed by atoms with van der Waals surface area (Å²) in [4.78, 5) is 21.0. The van der Waals surface area contributed by atoms with E-state index in [9.17, 15) is 4.79 Å². The van der Waals surface area contributed by atoms with Crippen LogP contribution in [-0.2, 0) is 4.74 Å². The fraction of sp³-hybridized carbons (Fsp3) is 0.647. The van der Waals surface area contributed by atoms with Crippen molar-refractivity contribution in [1.29, 1.82) is 0 Å². The maximum atomic E-state index is 12.7. The van der Waals surface area contributed by atoms with Crippen LogP contribution in [-0.4, -0.2) is 66.8 Å². The number of pyridine rings is 1. The summed E-state index contributed by atoms with van der Waals surface area (Å²) < 4.78 is 5.83. The zero-order chi connectivity index (χ0) is 16.2. The molecule has 0 aromatic carbocycles. The summed E-state index contributed by atoms with van der Waals surface area (Å²) in [6.45, 7) is 5.97. The van der Waals surface area contributed by atoms with Gasteiger partial charge in [0, 0.05) is 43.8 Å². The smallest absolute Gasteiger partial charge is 0.321 e. The Labute approximate surface area is 137 Å². The molecule has 6 nitrogen and oxygen atoms in total. The minimum absolute atomic E-state index is 0.0423. The molecule has 1 aromatic rings. The highest BCUT2D eigenvalue weighted by Crippen LogP contribution is 2.30. The average Bonchev–Trinajstić information content (AvgIpc) is 3.31. The summed E-state index contributed by atoms with van der Waals surface area (Å²) in [6, 6.07) is 3.67. The lowest BCUT2D eigenvalue weighted by atomic mass is 10.2. The Bertz CT molecular complexity index is 547. The SMILES string of the molecule is Cc1cc(NC(=O)N(CC2CC2)CC2CN(C)CCO2)ccn1. The number of amides is 2. The predicted molar refractivity (Wildman–Crippen MR) is 89.5 cm³/mol. The van der Waals surface area contributed by atoms with Gasteiger partial charge in [-0.1, -0.05) is 0 Å². The van der Waals surface area contributed by atoms with E-state index in [0.717, 1.165) is 37.6 Å². The van der Waals surface area contributed by atoms with Gasteiger partial charge in [0.15, 0.2) is 0 Å². The summed E-state index contributed by atoms with van der Waals surface area (Å²) in [5.41, 5.74) is 1.69. The van der Waals surface area contributed by atoms with Gasteiger partial charge in [0.05, 0.1) is 12.7 Å². The Morgan fingerprint density at radius 2 is 2.30 bits per heavy atom. The van der Waals surface area contributed by atoms with Crippen LogP contribution < -0.4 is 5.32 Å². The van der Waals surface area contributed by atoms with Crippen molar-refractivity contribution in [3.63, 3.8) is 0 Å². The number of rotatable bonds is 5. The Morgan fingerprint density at radius 3 is 3.00 bits per heavy atom. The first kappa shape index (κ1) is 16.2. The van der Waals surface area contributed by atoms with Gasteiger partial charge in [-0.15, -0.1) is 0 Å². The van der Waals surface area contributed by atoms with Crippen molar-refractivity contribution in [2.24, 2.45) is 5.92 Å². The number of aromatic nitrogens is 1. The molecule has 1 saturated carbocycles. The van der Waals surface area contributed by atoms with E-state index in [2.05, 4.69) is 22.2 Å². The second-order valence-electron chi connectivity index (χ2n) is 6.72. The number of hydrogen-bond donors (Lipinski definition) is 1. The molecule has 1 N–H and O–H groups in total. The van der Waals surface area contributed by atoms with Crippen molar-refractivity contribution >= 4 is 11.7 Å². The van der Waals surface area contributed by atoms with Crippen LogP contribution >= 0.6 is 0 Å². The van der Waals surface area contributed by atoms with Gasteiger partial charge in [-0.3, -0.25) is 4.98 Å². The third-order valence-corrected chi connectivity index (χ3v) is 4.38. The van der Waals surface area contributed by atoms with Crippen LogP contribution in [0, 0.1) is 12.8 Å². The number of likely N-dealkylation sites (N-methyl/N-ethyl adjacent to an activating group) is 1. The van der Waals surface area contributed by atoms with Gasteiger partial charge >= 0.3 is 6.03 Å². The van der Waals surface area contributed by atoms with Gasteiger partial charge in [-0.05, 0) is 44.9 Å². The molecule has 1 saturated heterocycles. The summed E-state index contributed by atoms with van der Waals surface area (Å²) in [6.07, 6.45) is 4.26. The zero-order valence-corrected chi connectivity index (χ0v) is 14.0. The second kappa shape index (κ2) is 7.27. The van der Waals surface area contributed by atoms with Crippen molar-refractivity contribution in [1.82, 2.24) is 14.8 Å². The maximum absolute atomic E-state index is 12.7. The molecule has 1 aliphatic carbocycles. The monoisotopic (exact) mass is 318 g/mol. The third-order valence-electron chi connectivity index (χ3n) is 4.38. The summed E-state index contributed by atoms with van der Waals surface area (Å²) in [5, 5.41) is 2.99. The first-order valence-corrected chi connectivity index (χ1v) is 8.39. The van der Waals surface area contributed by atoms with Crippen molar-refractivity contribution < 1.29 is 9.53 Å². The van der Waals surface area contributed by atoms with Gasteiger partial charge < -0.3 is 19.9 Å². The van der Waals surface area contributed by atoms with E-state index in [1.54, 1.807) is 6.20 Å². The average molecular weight is 318 g/mol. The highest BCUT2D eigenvalue weighted by atomic mass is 16.5. The summed E-state index contributed by atoms with van der Waals surface area (Å²) in [5.74, 6) is 0.654. The molecule has 126 valence electrons. The van der Waals surface area contributed by atoms with Gasteiger partial charge in [0.1, 0.15) is 0 Å². The molecule has 0 bridgehead atoms. The number of aryl methyl sites for hydroxylation is 1. The Morgan fingerprint density at radius 1 is 1.48 bits per heavy atom. The molecule has 3 rings (SSSR count). The summed E-state index contributed by atoms with van der Waals surface area (Å²) >= 11 is 0. The molecule has 2 amide bonds. The van der Waals surface area contributed by atoms with E-state index in [1.165, 1.54) is 12.8 Å². The highest BCUT2D eigenvalue weighted by molar-refractivity contribution is 5.89. The minimum Gasteiger partial charge on any atom is -0.374 e. The van der Waals surface area contributed by atoms with Crippen LogP contribution in [0.4, 0.5) is 10.5 Å². The molecule has 0 spiro atoms. The molecular weight excluding hydrogens is 292 g/mol. The largest absolute Gasteiger partial charge is 0.374 e. The fourth-order valence-electron chi connectivity index (χ4n) is 2.90. The predicted octanol–water partition coefficient (Wildman–Crippen LogP) is 1.96. The topological polar surface area (TPSA) is 57.7 Å². The van der Waals surface area contributed by atoms with Crippen molar-refractivity contribution in [2.75, 3.05) is 45.2 Å². The molecule has 1 atom stereocenters. The Hall–Kier alpha value is -1.66. The normalized spacial score (nSPS) is 21.9. The van der Waals surface area contributed by atoms with E-state index in [1.807, 2.05) is 24.0 Å². The molecule has 2 fully saturated rings. The molecule has 23 heavy (non-hydrogen) atoms. The molecular formula is C17H26N4O2. The molecule has 6 heteroatoms. The van der Waals surface area contributed by atoms with Gasteiger partial charge in [0.2, 0.25) is 0 Å². The molecule has 1 aromatic heterocycles. The summed E-state index contributed by atoms with van der Waals surface area (Å²) in [7, 11) is 2.10. The number of carbonyl (C=O) groups excluding carboxylic acids is 1. The van der Waals surface area contributed by atoms with Crippen LogP contribution in [0.15, 0.2) is 18.3 Å². The third kappa shape index (κ3) is 4.91. The molecule has 2 aliphatic rings. The number of nitrogens with zero attached hydrogens (tertiary/aromatic N) is 3. The maximum Gasteiger partial charge on any atom is 0.321 e. The number of urea groups is 1. The molecule has 1 aliphatic heterocycles. The first-order chi connectivity index (χ1) is 11.1. The van der Waals surface area contributed by atoms with E-state index < -0.39 is 0 Å². The minimum atomic E-state index is -0.0423. The van der Waals surface area contributed by atoms with E-state index in [4.69, 9.17) is 4.74 Å². The van der Waals surface area contributed by atoms with Crippen LogP contribution in [0.5, 0.6) is 0 Å². The number of anilines is 1. The lowest BCUT2D eigenvalue weighted by Gasteiger charge is -2.34. The van der Waals surface area contributed by atoms with Crippen molar-refractivity contribution in [3.8, 4) is 0 Å². The van der Waals surface area contributed by atoms with Crippen LogP contribution in [0.3, 0.4) is 0 Å². The Balaban J connectivity index is 1.61.